The fraction of sp³-hybridized carbons (Fsp3) is 0.562. The highest BCUT2D eigenvalue weighted by Crippen LogP contribution is 2.32. The number of benzene rings is 1. The van der Waals surface area contributed by atoms with Crippen LogP contribution in [0.1, 0.15) is 36.5 Å². The van der Waals surface area contributed by atoms with E-state index in [1.54, 1.807) is 0 Å². The van der Waals surface area contributed by atoms with E-state index in [1.807, 2.05) is 6.92 Å². The Morgan fingerprint density at radius 2 is 2.00 bits per heavy atom. The van der Waals surface area contributed by atoms with E-state index in [0.29, 0.717) is 6.54 Å². The Morgan fingerprint density at radius 3 is 2.56 bits per heavy atom. The van der Waals surface area contributed by atoms with Crippen LogP contribution in [0.2, 0.25) is 0 Å². The van der Waals surface area contributed by atoms with Crippen molar-refractivity contribution in [1.82, 2.24) is 4.31 Å². The van der Waals surface area contributed by atoms with Crippen molar-refractivity contribution in [3.8, 4) is 5.75 Å². The molecular weight excluding hydrogens is 368 g/mol. The summed E-state index contributed by atoms with van der Waals surface area (Å²) < 4.78 is 37.5. The molecule has 1 aliphatic rings. The molecule has 2 unspecified atom stereocenters. The summed E-state index contributed by atoms with van der Waals surface area (Å²) in [6, 6.07) is 3.68. The number of esters is 1. The number of nitrogens with zero attached hydrogens (tertiary/aromatic N) is 1. The van der Waals surface area contributed by atoms with Gasteiger partial charge in [0.15, 0.2) is 0 Å². The van der Waals surface area contributed by atoms with Gasteiger partial charge in [0.05, 0.1) is 19.8 Å². The van der Waals surface area contributed by atoms with Crippen molar-refractivity contribution in [3.05, 3.63) is 23.8 Å². The number of halogens is 1. The van der Waals surface area contributed by atoms with Gasteiger partial charge < -0.3 is 15.2 Å². The van der Waals surface area contributed by atoms with Crippen molar-refractivity contribution in [3.63, 3.8) is 0 Å². The summed E-state index contributed by atoms with van der Waals surface area (Å²) in [7, 11) is -1.14. The Kier molecular flexibility index (Phi) is 7.67. The van der Waals surface area contributed by atoms with Crippen molar-refractivity contribution < 1.29 is 22.7 Å². The van der Waals surface area contributed by atoms with Crippen LogP contribution in [0.5, 0.6) is 5.75 Å². The normalized spacial score (nSPS) is 19.6. The van der Waals surface area contributed by atoms with Gasteiger partial charge in [-0.1, -0.05) is 6.42 Å². The van der Waals surface area contributed by atoms with Crippen molar-refractivity contribution >= 4 is 28.4 Å². The fourth-order valence-electron chi connectivity index (χ4n) is 3.01. The van der Waals surface area contributed by atoms with Gasteiger partial charge in [0, 0.05) is 18.6 Å². The molecule has 1 aliphatic heterocycles. The molecule has 0 spiro atoms. The van der Waals surface area contributed by atoms with Gasteiger partial charge in [-0.05, 0) is 38.0 Å². The summed E-state index contributed by atoms with van der Waals surface area (Å²) >= 11 is 0. The summed E-state index contributed by atoms with van der Waals surface area (Å²) in [5, 5.41) is 0. The number of nitrogens with two attached hydrogens (primary N) is 1. The summed E-state index contributed by atoms with van der Waals surface area (Å²) in [6.07, 6.45) is 2.49. The average molecular weight is 393 g/mol. The molecule has 0 radical (unpaired) electrons. The lowest BCUT2D eigenvalue weighted by Crippen LogP contribution is -2.51. The number of ether oxygens (including phenoxy) is 2. The number of hydrogen-bond acceptors (Lipinski definition) is 6. The molecule has 0 aromatic heterocycles. The number of rotatable bonds is 5. The number of carbonyl (C=O) groups is 1. The molecule has 9 heteroatoms. The molecule has 0 aliphatic carbocycles. The second-order valence-electron chi connectivity index (χ2n) is 5.90. The van der Waals surface area contributed by atoms with Gasteiger partial charge in [0.25, 0.3) is 0 Å². The second-order valence-corrected chi connectivity index (χ2v) is 7.75. The Labute approximate surface area is 154 Å². The zero-order chi connectivity index (χ0) is 17.9. The molecule has 1 fully saturated rings. The highest BCUT2D eigenvalue weighted by Gasteiger charge is 2.37. The summed E-state index contributed by atoms with van der Waals surface area (Å²) in [5.74, 6) is -0.435. The first-order valence-electron chi connectivity index (χ1n) is 7.86. The Hall–Kier alpha value is -1.35. The number of hydrogen-bond donors (Lipinski definition) is 1. The monoisotopic (exact) mass is 392 g/mol. The van der Waals surface area contributed by atoms with Gasteiger partial charge in [-0.3, -0.25) is 0 Å². The van der Waals surface area contributed by atoms with Crippen LogP contribution in [0.25, 0.3) is 0 Å². The molecule has 25 heavy (non-hydrogen) atoms. The summed E-state index contributed by atoms with van der Waals surface area (Å²) in [4.78, 5) is 11.7. The van der Waals surface area contributed by atoms with Gasteiger partial charge >= 0.3 is 5.97 Å². The third-order valence-electron chi connectivity index (χ3n) is 4.28. The van der Waals surface area contributed by atoms with Crippen molar-refractivity contribution in [2.24, 2.45) is 5.73 Å². The first-order valence-corrected chi connectivity index (χ1v) is 9.30. The standard InChI is InChI=1S/C16H24N2O5S.ClH/c1-11(17)13-6-4-5-9-18(13)24(20,21)15-8-7-12(16(19)23-3)10-14(15)22-2;/h7-8,10-11,13H,4-6,9,17H2,1-3H3;1H. The van der Waals surface area contributed by atoms with Crippen molar-refractivity contribution in [2.45, 2.75) is 43.2 Å². The lowest BCUT2D eigenvalue weighted by Gasteiger charge is -2.37. The molecule has 0 saturated carbocycles. The largest absolute Gasteiger partial charge is 0.495 e. The molecule has 2 atom stereocenters. The van der Waals surface area contributed by atoms with Gasteiger partial charge in [-0.15, -0.1) is 12.4 Å². The van der Waals surface area contributed by atoms with Crippen LogP contribution < -0.4 is 10.5 Å². The van der Waals surface area contributed by atoms with Crippen LogP contribution in [0, 0.1) is 0 Å². The van der Waals surface area contributed by atoms with Crippen molar-refractivity contribution in [1.29, 1.82) is 0 Å². The zero-order valence-electron chi connectivity index (χ0n) is 14.6. The molecular formula is C16H25ClN2O5S. The third-order valence-corrected chi connectivity index (χ3v) is 6.24. The van der Waals surface area contributed by atoms with Crippen LogP contribution in [0.3, 0.4) is 0 Å². The Bertz CT molecular complexity index is 708. The molecule has 1 aromatic rings. The smallest absolute Gasteiger partial charge is 0.337 e. The molecule has 142 valence electrons. The lowest BCUT2D eigenvalue weighted by molar-refractivity contribution is 0.0600. The van der Waals surface area contributed by atoms with E-state index < -0.39 is 16.0 Å². The lowest BCUT2D eigenvalue weighted by atomic mass is 10.00. The first kappa shape index (κ1) is 21.7. The third kappa shape index (κ3) is 4.44. The van der Waals surface area contributed by atoms with Crippen LogP contribution in [0.4, 0.5) is 0 Å². The average Bonchev–Trinajstić information content (AvgIpc) is 2.60. The molecule has 1 aromatic carbocycles. The number of sulfonamides is 1. The highest BCUT2D eigenvalue weighted by atomic mass is 35.5. The molecule has 1 heterocycles. The fourth-order valence-corrected chi connectivity index (χ4v) is 4.92. The van der Waals surface area contributed by atoms with E-state index >= 15 is 0 Å². The predicted molar refractivity (Wildman–Crippen MR) is 96.8 cm³/mol. The molecule has 7 nitrogen and oxygen atoms in total. The van der Waals surface area contributed by atoms with E-state index in [-0.39, 0.29) is 40.7 Å². The minimum atomic E-state index is -3.77. The van der Waals surface area contributed by atoms with E-state index in [2.05, 4.69) is 4.74 Å². The zero-order valence-corrected chi connectivity index (χ0v) is 16.2. The molecule has 0 bridgehead atoms. The van der Waals surface area contributed by atoms with E-state index in [0.717, 1.165) is 19.3 Å². The maximum Gasteiger partial charge on any atom is 0.337 e. The van der Waals surface area contributed by atoms with Gasteiger partial charge in [-0.25, -0.2) is 13.2 Å². The van der Waals surface area contributed by atoms with Crippen LogP contribution in [-0.4, -0.2) is 51.5 Å². The predicted octanol–water partition coefficient (Wildman–Crippen LogP) is 1.79. The number of carbonyl (C=O) groups excluding carboxylic acids is 1. The van der Waals surface area contributed by atoms with E-state index in [1.165, 1.54) is 36.7 Å². The number of piperidine rings is 1. The molecule has 2 rings (SSSR count). The summed E-state index contributed by atoms with van der Waals surface area (Å²) in [6.45, 7) is 2.24. The van der Waals surface area contributed by atoms with Crippen LogP contribution in [0.15, 0.2) is 23.1 Å². The van der Waals surface area contributed by atoms with Gasteiger partial charge in [-0.2, -0.15) is 4.31 Å². The first-order chi connectivity index (χ1) is 11.3. The maximum absolute atomic E-state index is 13.1. The van der Waals surface area contributed by atoms with Crippen LogP contribution in [-0.2, 0) is 14.8 Å². The van der Waals surface area contributed by atoms with Gasteiger partial charge in [0.2, 0.25) is 10.0 Å². The Balaban J connectivity index is 0.00000312. The molecule has 1 saturated heterocycles. The van der Waals surface area contributed by atoms with E-state index in [4.69, 9.17) is 10.5 Å². The SMILES string of the molecule is COC(=O)c1ccc(S(=O)(=O)N2CCCCC2C(C)N)c(OC)c1.Cl. The second kappa shape index (κ2) is 8.84. The quantitative estimate of drug-likeness (QED) is 0.767. The highest BCUT2D eigenvalue weighted by molar-refractivity contribution is 7.89. The summed E-state index contributed by atoms with van der Waals surface area (Å²) in [5.41, 5.74) is 6.22. The molecule has 2 N–H and O–H groups in total. The maximum atomic E-state index is 13.1. The number of methoxy groups -OCH3 is 2. The minimum Gasteiger partial charge on any atom is -0.495 e. The van der Waals surface area contributed by atoms with Crippen LogP contribution >= 0.6 is 12.4 Å². The molecule has 0 amide bonds. The Morgan fingerprint density at radius 1 is 1.32 bits per heavy atom. The van der Waals surface area contributed by atoms with Crippen molar-refractivity contribution in [2.75, 3.05) is 20.8 Å². The topological polar surface area (TPSA) is 98.9 Å². The minimum absolute atomic E-state index is 0. The van der Waals surface area contributed by atoms with E-state index in [9.17, 15) is 13.2 Å². The van der Waals surface area contributed by atoms with Gasteiger partial charge in [0.1, 0.15) is 10.6 Å².